The Morgan fingerprint density at radius 2 is 1.13 bits per heavy atom. The number of fused-ring (bicyclic) bond motifs is 1. The molecule has 0 aliphatic carbocycles. The summed E-state index contributed by atoms with van der Waals surface area (Å²) in [4.78, 5) is 0. The molecule has 2 N–H and O–H groups in total. The molecule has 0 atom stereocenters. The molecule has 1 aromatic heterocycles. The normalized spacial score (nSPS) is 11.0. The van der Waals surface area contributed by atoms with E-state index in [4.69, 9.17) is 10.5 Å². The second-order valence-corrected chi connectivity index (χ2v) is 7.24. The van der Waals surface area contributed by atoms with E-state index in [2.05, 4.69) is 77.4 Å². The number of methoxy groups -OCH3 is 1. The highest BCUT2D eigenvalue weighted by atomic mass is 16.5. The monoisotopic (exact) mass is 390 g/mol. The summed E-state index contributed by atoms with van der Waals surface area (Å²) in [7, 11) is 1.68. The first kappa shape index (κ1) is 18.1. The summed E-state index contributed by atoms with van der Waals surface area (Å²) in [5.41, 5.74) is 12.6. The Labute approximate surface area is 176 Å². The molecular weight excluding hydrogens is 368 g/mol. The average molecular weight is 390 g/mol. The van der Waals surface area contributed by atoms with Crippen LogP contribution in [-0.2, 0) is 0 Å². The van der Waals surface area contributed by atoms with Crippen molar-refractivity contribution in [1.29, 1.82) is 0 Å². The van der Waals surface area contributed by atoms with Crippen LogP contribution in [0.3, 0.4) is 0 Å². The van der Waals surface area contributed by atoms with E-state index in [1.165, 1.54) is 10.8 Å². The maximum Gasteiger partial charge on any atom is 0.121 e. The Hall–Kier alpha value is -3.98. The molecule has 0 radical (unpaired) electrons. The fourth-order valence-electron chi connectivity index (χ4n) is 4.10. The molecular formula is C27H22N2O. The smallest absolute Gasteiger partial charge is 0.121 e. The lowest BCUT2D eigenvalue weighted by Crippen LogP contribution is -2.04. The summed E-state index contributed by atoms with van der Waals surface area (Å²) in [6.45, 7) is 0. The van der Waals surface area contributed by atoms with Gasteiger partial charge in [-0.2, -0.15) is 0 Å². The fourth-order valence-corrected chi connectivity index (χ4v) is 4.10. The lowest BCUT2D eigenvalue weighted by molar-refractivity contribution is 0.414. The van der Waals surface area contributed by atoms with Crippen LogP contribution in [0.5, 0.6) is 5.75 Å². The Morgan fingerprint density at radius 1 is 0.633 bits per heavy atom. The standard InChI is InChI=1S/C27H22N2O/c1-30-21-16-17-24(28)25(18-21)29-26(19-10-4-2-5-11-19)22-14-8-9-15-23(22)27(29)20-12-6-3-7-13-20/h2-18H,28H2,1H3. The molecule has 5 rings (SSSR count). The van der Waals surface area contributed by atoms with Crippen LogP contribution in [0, 0.1) is 0 Å². The molecule has 0 aliphatic heterocycles. The zero-order valence-electron chi connectivity index (χ0n) is 16.7. The molecule has 0 bridgehead atoms. The van der Waals surface area contributed by atoms with Crippen molar-refractivity contribution in [3.63, 3.8) is 0 Å². The summed E-state index contributed by atoms with van der Waals surface area (Å²) in [5.74, 6) is 0.773. The van der Waals surface area contributed by atoms with E-state index in [1.807, 2.05) is 30.3 Å². The minimum atomic E-state index is 0.700. The molecule has 0 amide bonds. The molecule has 0 spiro atoms. The number of anilines is 1. The zero-order chi connectivity index (χ0) is 20.5. The van der Waals surface area contributed by atoms with Crippen LogP contribution in [0.15, 0.2) is 103 Å². The summed E-state index contributed by atoms with van der Waals surface area (Å²) < 4.78 is 7.80. The van der Waals surface area contributed by atoms with Gasteiger partial charge in [0.2, 0.25) is 0 Å². The number of ether oxygens (including phenoxy) is 1. The number of aromatic nitrogens is 1. The van der Waals surface area contributed by atoms with Gasteiger partial charge in [-0.05, 0) is 23.3 Å². The molecule has 1 heterocycles. The van der Waals surface area contributed by atoms with Crippen molar-refractivity contribution in [3.05, 3.63) is 103 Å². The maximum atomic E-state index is 6.52. The largest absolute Gasteiger partial charge is 0.497 e. The van der Waals surface area contributed by atoms with Gasteiger partial charge >= 0.3 is 0 Å². The van der Waals surface area contributed by atoms with Crippen molar-refractivity contribution < 1.29 is 4.74 Å². The van der Waals surface area contributed by atoms with E-state index >= 15 is 0 Å². The number of nitrogen functional groups attached to an aromatic ring is 1. The van der Waals surface area contributed by atoms with Gasteiger partial charge in [0.25, 0.3) is 0 Å². The third-order valence-electron chi connectivity index (χ3n) is 5.46. The SMILES string of the molecule is COc1ccc(N)c(-n2c(-c3ccccc3)c3ccccc3c2-c2ccccc2)c1. The molecule has 30 heavy (non-hydrogen) atoms. The first-order valence-corrected chi connectivity index (χ1v) is 9.96. The molecule has 3 nitrogen and oxygen atoms in total. The number of rotatable bonds is 4. The van der Waals surface area contributed by atoms with Gasteiger partial charge in [-0.15, -0.1) is 0 Å². The van der Waals surface area contributed by atoms with Crippen molar-refractivity contribution in [2.45, 2.75) is 0 Å². The van der Waals surface area contributed by atoms with E-state index < -0.39 is 0 Å². The topological polar surface area (TPSA) is 40.2 Å². The molecule has 0 aliphatic rings. The van der Waals surface area contributed by atoms with Gasteiger partial charge in [-0.25, -0.2) is 0 Å². The van der Waals surface area contributed by atoms with Crippen molar-refractivity contribution in [2.24, 2.45) is 0 Å². The van der Waals surface area contributed by atoms with Crippen LogP contribution in [0.2, 0.25) is 0 Å². The van der Waals surface area contributed by atoms with Gasteiger partial charge in [0.15, 0.2) is 0 Å². The van der Waals surface area contributed by atoms with Gasteiger partial charge in [-0.1, -0.05) is 84.9 Å². The maximum absolute atomic E-state index is 6.52. The van der Waals surface area contributed by atoms with Gasteiger partial charge in [-0.3, -0.25) is 0 Å². The average Bonchev–Trinajstić information content (AvgIpc) is 3.15. The van der Waals surface area contributed by atoms with Crippen molar-refractivity contribution in [2.75, 3.05) is 12.8 Å². The van der Waals surface area contributed by atoms with Crippen LogP contribution in [0.4, 0.5) is 5.69 Å². The third kappa shape index (κ3) is 2.92. The van der Waals surface area contributed by atoms with Crippen LogP contribution >= 0.6 is 0 Å². The number of nitrogens with zero attached hydrogens (tertiary/aromatic N) is 1. The minimum Gasteiger partial charge on any atom is -0.497 e. The highest BCUT2D eigenvalue weighted by molar-refractivity contribution is 6.06. The molecule has 5 aromatic rings. The number of benzene rings is 4. The van der Waals surface area contributed by atoms with Gasteiger partial charge < -0.3 is 15.0 Å². The van der Waals surface area contributed by atoms with Crippen molar-refractivity contribution in [1.82, 2.24) is 4.57 Å². The summed E-state index contributed by atoms with van der Waals surface area (Å²) >= 11 is 0. The minimum absolute atomic E-state index is 0.700. The summed E-state index contributed by atoms with van der Waals surface area (Å²) in [6.07, 6.45) is 0. The van der Waals surface area contributed by atoms with Crippen LogP contribution in [0.25, 0.3) is 39.0 Å². The van der Waals surface area contributed by atoms with Crippen LogP contribution in [0.1, 0.15) is 0 Å². The Bertz CT molecular complexity index is 1250. The molecule has 4 aromatic carbocycles. The van der Waals surface area contributed by atoms with Crippen LogP contribution in [-0.4, -0.2) is 11.7 Å². The van der Waals surface area contributed by atoms with Crippen molar-refractivity contribution in [3.8, 4) is 34.0 Å². The van der Waals surface area contributed by atoms with E-state index in [0.717, 1.165) is 34.0 Å². The third-order valence-corrected chi connectivity index (χ3v) is 5.46. The predicted molar refractivity (Wildman–Crippen MR) is 125 cm³/mol. The lowest BCUT2D eigenvalue weighted by Gasteiger charge is -2.17. The summed E-state index contributed by atoms with van der Waals surface area (Å²) in [5, 5.41) is 2.37. The van der Waals surface area contributed by atoms with E-state index in [0.29, 0.717) is 5.69 Å². The number of hydrogen-bond donors (Lipinski definition) is 1. The fraction of sp³-hybridized carbons (Fsp3) is 0.0370. The molecule has 0 fully saturated rings. The quantitative estimate of drug-likeness (QED) is 0.353. The van der Waals surface area contributed by atoms with Gasteiger partial charge in [0, 0.05) is 16.8 Å². The lowest BCUT2D eigenvalue weighted by atomic mass is 10.0. The highest BCUT2D eigenvalue weighted by Crippen LogP contribution is 2.43. The van der Waals surface area contributed by atoms with Gasteiger partial charge in [0.1, 0.15) is 5.75 Å². The Kier molecular flexibility index (Phi) is 4.49. The predicted octanol–water partition coefficient (Wildman–Crippen LogP) is 6.56. The molecule has 0 unspecified atom stereocenters. The highest BCUT2D eigenvalue weighted by Gasteiger charge is 2.22. The molecule has 0 saturated heterocycles. The number of hydrogen-bond acceptors (Lipinski definition) is 2. The summed E-state index contributed by atoms with van der Waals surface area (Å²) in [6, 6.07) is 35.3. The van der Waals surface area contributed by atoms with Crippen molar-refractivity contribution >= 4 is 16.5 Å². The van der Waals surface area contributed by atoms with Crippen LogP contribution < -0.4 is 10.5 Å². The van der Waals surface area contributed by atoms with Gasteiger partial charge in [0.05, 0.1) is 29.9 Å². The second kappa shape index (κ2) is 7.45. The first-order chi connectivity index (χ1) is 14.8. The Morgan fingerprint density at radius 3 is 1.63 bits per heavy atom. The molecule has 3 heteroatoms. The first-order valence-electron chi connectivity index (χ1n) is 9.96. The second-order valence-electron chi connectivity index (χ2n) is 7.24. The zero-order valence-corrected chi connectivity index (χ0v) is 16.7. The molecule has 0 saturated carbocycles. The van der Waals surface area contributed by atoms with E-state index in [-0.39, 0.29) is 0 Å². The molecule has 146 valence electrons. The van der Waals surface area contributed by atoms with E-state index in [9.17, 15) is 0 Å². The Balaban J connectivity index is 1.98. The van der Waals surface area contributed by atoms with E-state index in [1.54, 1.807) is 7.11 Å². The number of nitrogens with two attached hydrogens (primary N) is 1.